The molecular weight excluding hydrogens is 393 g/mol. The van der Waals surface area contributed by atoms with Crippen LogP contribution in [0.25, 0.3) is 11.1 Å². The summed E-state index contributed by atoms with van der Waals surface area (Å²) in [5.41, 5.74) is -0.178. The molecule has 0 aliphatic carbocycles. The van der Waals surface area contributed by atoms with Crippen molar-refractivity contribution in [3.63, 3.8) is 0 Å². The van der Waals surface area contributed by atoms with Crippen LogP contribution in [-0.4, -0.2) is 21.3 Å². The summed E-state index contributed by atoms with van der Waals surface area (Å²) < 4.78 is 44.2. The van der Waals surface area contributed by atoms with Gasteiger partial charge in [-0.3, -0.25) is 0 Å². The smallest absolute Gasteiger partial charge is 0.433 e. The number of aromatic carboxylic acids is 1. The Morgan fingerprint density at radius 2 is 1.59 bits per heavy atom. The van der Waals surface area contributed by atoms with Gasteiger partial charge in [0.25, 0.3) is 0 Å². The highest BCUT2D eigenvalue weighted by Gasteiger charge is 2.34. The fourth-order valence-electron chi connectivity index (χ4n) is 2.32. The maximum atomic E-state index is 12.9. The highest BCUT2D eigenvalue weighted by atomic mass is 19.4. The van der Waals surface area contributed by atoms with E-state index in [-0.39, 0.29) is 5.75 Å². The Bertz CT molecular complexity index is 995. The second-order valence-corrected chi connectivity index (χ2v) is 5.46. The number of carboxylic acid groups (broad SMARTS) is 1. The van der Waals surface area contributed by atoms with Gasteiger partial charge in [-0.1, -0.05) is 42.5 Å². The molecule has 0 aliphatic heterocycles. The third-order valence-electron chi connectivity index (χ3n) is 3.50. The van der Waals surface area contributed by atoms with E-state index in [1.54, 1.807) is 18.2 Å². The normalized spacial score (nSPS) is 10.4. The summed E-state index contributed by atoms with van der Waals surface area (Å²) in [6.45, 7) is 0. The van der Waals surface area contributed by atoms with E-state index in [0.717, 1.165) is 17.2 Å². The summed E-state index contributed by atoms with van der Waals surface area (Å²) in [4.78, 5) is 22.6. The SMILES string of the molecule is O=C(O)c1cc(Oc2cccc(-c3ccccc3)c2)nc(C(F)(F)F)c1.O=NO. The van der Waals surface area contributed by atoms with Gasteiger partial charge in [0.1, 0.15) is 11.4 Å². The van der Waals surface area contributed by atoms with Crippen LogP contribution in [0.3, 0.4) is 0 Å². The molecule has 3 aromatic rings. The molecule has 1 heterocycles. The molecule has 2 N–H and O–H groups in total. The average Bonchev–Trinajstić information content (AvgIpc) is 2.68. The first kappa shape index (κ1) is 21.4. The van der Waals surface area contributed by atoms with Gasteiger partial charge < -0.3 is 15.1 Å². The number of carboxylic acids is 1. The van der Waals surface area contributed by atoms with Crippen molar-refractivity contribution in [2.45, 2.75) is 6.18 Å². The Morgan fingerprint density at radius 1 is 0.966 bits per heavy atom. The second kappa shape index (κ2) is 9.31. The number of pyridine rings is 1. The number of rotatable bonds is 4. The molecule has 0 fully saturated rings. The highest BCUT2D eigenvalue weighted by molar-refractivity contribution is 5.88. The van der Waals surface area contributed by atoms with Crippen molar-refractivity contribution in [2.75, 3.05) is 0 Å². The van der Waals surface area contributed by atoms with Crippen molar-refractivity contribution in [1.82, 2.24) is 4.98 Å². The summed E-state index contributed by atoms with van der Waals surface area (Å²) in [7, 11) is 0. The average molecular weight is 406 g/mol. The number of benzene rings is 2. The minimum absolute atomic E-state index is 0.245. The van der Waals surface area contributed by atoms with E-state index in [1.807, 2.05) is 36.4 Å². The van der Waals surface area contributed by atoms with Gasteiger partial charge in [0, 0.05) is 6.07 Å². The van der Waals surface area contributed by atoms with Crippen molar-refractivity contribution in [3.8, 4) is 22.8 Å². The number of alkyl halides is 3. The first-order chi connectivity index (χ1) is 13.7. The topological polar surface area (TPSA) is 109 Å². The van der Waals surface area contributed by atoms with Gasteiger partial charge in [0.15, 0.2) is 5.34 Å². The Labute approximate surface area is 162 Å². The van der Waals surface area contributed by atoms with Crippen LogP contribution >= 0.6 is 0 Å². The standard InChI is InChI=1S/C19H12F3NO3.HNO2/c20-19(21,22)16-10-14(18(24)25)11-17(23-16)26-15-8-4-7-13(9-15)12-5-2-1-3-6-12;2-1-3/h1-11H,(H,24,25);(H,2,3). The molecule has 2 aromatic carbocycles. The van der Waals surface area contributed by atoms with Gasteiger partial charge in [-0.05, 0) is 29.3 Å². The lowest BCUT2D eigenvalue weighted by Gasteiger charge is -2.11. The van der Waals surface area contributed by atoms with Crippen molar-refractivity contribution < 1.29 is 33.0 Å². The number of aromatic nitrogens is 1. The molecule has 7 nitrogen and oxygen atoms in total. The molecule has 0 unspecified atom stereocenters. The maximum Gasteiger partial charge on any atom is 0.433 e. The third-order valence-corrected chi connectivity index (χ3v) is 3.50. The predicted molar refractivity (Wildman–Crippen MR) is 95.7 cm³/mol. The van der Waals surface area contributed by atoms with Gasteiger partial charge in [-0.25, -0.2) is 9.78 Å². The number of nitrogens with zero attached hydrogens (tertiary/aromatic N) is 2. The summed E-state index contributed by atoms with van der Waals surface area (Å²) in [6.07, 6.45) is -4.78. The first-order valence-corrected chi connectivity index (χ1v) is 7.87. The lowest BCUT2D eigenvalue weighted by atomic mass is 10.1. The van der Waals surface area contributed by atoms with Crippen LogP contribution in [0.5, 0.6) is 11.6 Å². The van der Waals surface area contributed by atoms with Gasteiger partial charge in [0.2, 0.25) is 5.88 Å². The lowest BCUT2D eigenvalue weighted by molar-refractivity contribution is -0.141. The van der Waals surface area contributed by atoms with Crippen molar-refractivity contribution in [3.05, 3.63) is 82.9 Å². The molecule has 29 heavy (non-hydrogen) atoms. The van der Waals surface area contributed by atoms with E-state index in [1.165, 1.54) is 5.34 Å². The fourth-order valence-corrected chi connectivity index (χ4v) is 2.32. The molecule has 1 aromatic heterocycles. The van der Waals surface area contributed by atoms with Gasteiger partial charge in [-0.15, -0.1) is 4.91 Å². The number of halogens is 3. The van der Waals surface area contributed by atoms with Crippen LogP contribution < -0.4 is 4.74 Å². The minimum Gasteiger partial charge on any atom is -0.478 e. The lowest BCUT2D eigenvalue weighted by Crippen LogP contribution is -2.11. The minimum atomic E-state index is -4.78. The largest absolute Gasteiger partial charge is 0.478 e. The Kier molecular flexibility index (Phi) is 6.85. The molecule has 0 aliphatic rings. The highest BCUT2D eigenvalue weighted by Crippen LogP contribution is 2.32. The molecule has 0 atom stereocenters. The molecule has 0 spiro atoms. The number of hydrogen-bond donors (Lipinski definition) is 2. The Balaban J connectivity index is 0.000000941. The third kappa shape index (κ3) is 6.03. The van der Waals surface area contributed by atoms with E-state index in [4.69, 9.17) is 20.0 Å². The zero-order valence-electron chi connectivity index (χ0n) is 14.5. The number of hydrogen-bond acceptors (Lipinski definition) is 5. The number of carbonyl (C=O) groups is 1. The van der Waals surface area contributed by atoms with Crippen LogP contribution in [0.1, 0.15) is 16.1 Å². The van der Waals surface area contributed by atoms with E-state index in [0.29, 0.717) is 6.07 Å². The predicted octanol–water partition coefficient (Wildman–Crippen LogP) is 5.40. The summed E-state index contributed by atoms with van der Waals surface area (Å²) in [6, 6.07) is 17.5. The Hall–Kier alpha value is -3.95. The monoisotopic (exact) mass is 406 g/mol. The molecule has 3 rings (SSSR count). The summed E-state index contributed by atoms with van der Waals surface area (Å²) in [5.74, 6) is -1.70. The van der Waals surface area contributed by atoms with E-state index < -0.39 is 29.3 Å². The van der Waals surface area contributed by atoms with E-state index in [9.17, 15) is 18.0 Å². The summed E-state index contributed by atoms with van der Waals surface area (Å²) >= 11 is 0. The van der Waals surface area contributed by atoms with Crippen molar-refractivity contribution in [1.29, 1.82) is 0 Å². The van der Waals surface area contributed by atoms with Gasteiger partial charge in [-0.2, -0.15) is 13.2 Å². The van der Waals surface area contributed by atoms with E-state index in [2.05, 4.69) is 4.98 Å². The molecule has 10 heteroatoms. The molecule has 0 amide bonds. The van der Waals surface area contributed by atoms with Crippen LogP contribution in [-0.2, 0) is 6.18 Å². The quantitative estimate of drug-likeness (QED) is 0.444. The first-order valence-electron chi connectivity index (χ1n) is 7.87. The zero-order valence-corrected chi connectivity index (χ0v) is 14.5. The second-order valence-electron chi connectivity index (χ2n) is 5.46. The molecule has 0 bridgehead atoms. The summed E-state index contributed by atoms with van der Waals surface area (Å²) in [5, 5.41) is 16.9. The molecule has 0 radical (unpaired) electrons. The molecule has 150 valence electrons. The number of ether oxygens (including phenoxy) is 1. The zero-order chi connectivity index (χ0) is 21.4. The van der Waals surface area contributed by atoms with Crippen LogP contribution in [0.15, 0.2) is 72.1 Å². The fraction of sp³-hybridized carbons (Fsp3) is 0.0526. The van der Waals surface area contributed by atoms with Gasteiger partial charge in [0.05, 0.1) is 5.56 Å². The molecule has 0 saturated carbocycles. The molecular formula is C19H13F3N2O5. The molecule has 0 saturated heterocycles. The Morgan fingerprint density at radius 3 is 2.17 bits per heavy atom. The van der Waals surface area contributed by atoms with Crippen LogP contribution in [0.2, 0.25) is 0 Å². The maximum absolute atomic E-state index is 12.9. The van der Waals surface area contributed by atoms with Crippen LogP contribution in [0, 0.1) is 4.91 Å². The van der Waals surface area contributed by atoms with Crippen LogP contribution in [0.4, 0.5) is 13.2 Å². The van der Waals surface area contributed by atoms with Crippen molar-refractivity contribution >= 4 is 5.97 Å². The van der Waals surface area contributed by atoms with Crippen molar-refractivity contribution in [2.24, 2.45) is 5.34 Å². The van der Waals surface area contributed by atoms with Gasteiger partial charge >= 0.3 is 12.1 Å². The van der Waals surface area contributed by atoms with E-state index >= 15 is 0 Å².